The van der Waals surface area contributed by atoms with Gasteiger partial charge < -0.3 is 0 Å². The van der Waals surface area contributed by atoms with Crippen molar-refractivity contribution < 1.29 is 0 Å². The molecule has 0 saturated carbocycles. The Balaban J connectivity index is 2.17. The topological polar surface area (TPSA) is 6.48 Å². The van der Waals surface area contributed by atoms with E-state index < -0.39 is 0 Å². The standard InChI is InChI=1S/C26H40N2Se2/c1-19(2)27(20(3)4)17-23-13-9-11-15-25(23)29-30-26-16-12-10-14-24(26)18-28(21(5)6)22(7)8/h9-16,19-22H,17-18H2,1-8H3. The van der Waals surface area contributed by atoms with Crippen LogP contribution in [0.15, 0.2) is 48.5 Å². The van der Waals surface area contributed by atoms with Gasteiger partial charge in [0.1, 0.15) is 0 Å². The van der Waals surface area contributed by atoms with E-state index in [1.807, 2.05) is 0 Å². The van der Waals surface area contributed by atoms with Gasteiger partial charge in [-0.1, -0.05) is 0 Å². The van der Waals surface area contributed by atoms with Gasteiger partial charge in [-0.2, -0.15) is 0 Å². The molecule has 0 spiro atoms. The van der Waals surface area contributed by atoms with Gasteiger partial charge in [0.15, 0.2) is 0 Å². The van der Waals surface area contributed by atoms with Crippen molar-refractivity contribution in [2.24, 2.45) is 0 Å². The molecule has 0 bridgehead atoms. The molecular weight excluding hydrogens is 498 g/mol. The van der Waals surface area contributed by atoms with E-state index in [1.54, 1.807) is 8.92 Å². The van der Waals surface area contributed by atoms with E-state index in [2.05, 4.69) is 114 Å². The molecule has 0 unspecified atom stereocenters. The third kappa shape index (κ3) is 7.52. The second-order valence-electron chi connectivity index (χ2n) is 9.10. The van der Waals surface area contributed by atoms with Crippen LogP contribution in [-0.4, -0.2) is 60.2 Å². The molecule has 2 aromatic carbocycles. The summed E-state index contributed by atoms with van der Waals surface area (Å²) in [5, 5.41) is 0. The summed E-state index contributed by atoms with van der Waals surface area (Å²) in [6.45, 7) is 20.6. The number of benzene rings is 2. The Labute approximate surface area is 196 Å². The van der Waals surface area contributed by atoms with Gasteiger partial charge in [0.05, 0.1) is 0 Å². The van der Waals surface area contributed by atoms with Gasteiger partial charge in [-0.05, 0) is 0 Å². The second-order valence-corrected chi connectivity index (χ2v) is 15.3. The average Bonchev–Trinajstić information content (AvgIpc) is 2.69. The van der Waals surface area contributed by atoms with Crippen molar-refractivity contribution in [3.05, 3.63) is 59.7 Å². The summed E-state index contributed by atoms with van der Waals surface area (Å²) >= 11 is 1.000. The molecule has 30 heavy (non-hydrogen) atoms. The normalized spacial score (nSPS) is 12.3. The molecule has 0 aliphatic rings. The quantitative estimate of drug-likeness (QED) is 0.396. The summed E-state index contributed by atoms with van der Waals surface area (Å²) in [5.74, 6) is 0. The van der Waals surface area contributed by atoms with Crippen molar-refractivity contribution in [3.8, 4) is 0 Å². The molecule has 0 N–H and O–H groups in total. The van der Waals surface area contributed by atoms with Crippen LogP contribution in [0.5, 0.6) is 0 Å². The summed E-state index contributed by atoms with van der Waals surface area (Å²) in [7, 11) is 0. The SMILES string of the molecule is CC(C)N(Cc1ccccc1[Se][Se]c1ccccc1CN(C(C)C)C(C)C)C(C)C. The van der Waals surface area contributed by atoms with Crippen molar-refractivity contribution >= 4 is 35.2 Å². The average molecular weight is 539 g/mol. The number of hydrogen-bond donors (Lipinski definition) is 0. The third-order valence-electron chi connectivity index (χ3n) is 5.53. The van der Waals surface area contributed by atoms with Crippen LogP contribution in [0.1, 0.15) is 66.5 Å². The molecule has 0 atom stereocenters. The van der Waals surface area contributed by atoms with Crippen molar-refractivity contribution in [3.63, 3.8) is 0 Å². The fourth-order valence-corrected chi connectivity index (χ4v) is 11.3. The fraction of sp³-hybridized carbons (Fsp3) is 0.538. The summed E-state index contributed by atoms with van der Waals surface area (Å²) in [6, 6.07) is 20.5. The van der Waals surface area contributed by atoms with Crippen LogP contribution < -0.4 is 8.92 Å². The molecule has 166 valence electrons. The first kappa shape index (κ1) is 25.7. The van der Waals surface area contributed by atoms with E-state index in [9.17, 15) is 0 Å². The van der Waals surface area contributed by atoms with Crippen molar-refractivity contribution in [2.45, 2.75) is 92.6 Å². The van der Waals surface area contributed by atoms with Crippen LogP contribution in [0.4, 0.5) is 0 Å². The molecule has 0 saturated heterocycles. The molecular formula is C26H40N2Se2. The van der Waals surface area contributed by atoms with Gasteiger partial charge in [-0.15, -0.1) is 0 Å². The van der Waals surface area contributed by atoms with E-state index >= 15 is 0 Å². The molecule has 4 heteroatoms. The fourth-order valence-electron chi connectivity index (χ4n) is 3.84. The van der Waals surface area contributed by atoms with E-state index in [0.29, 0.717) is 50.4 Å². The van der Waals surface area contributed by atoms with Crippen molar-refractivity contribution in [1.82, 2.24) is 9.80 Å². The molecule has 0 amide bonds. The first-order chi connectivity index (χ1) is 14.2. The molecule has 2 aromatic rings. The first-order valence-corrected chi connectivity index (χ1v) is 17.3. The van der Waals surface area contributed by atoms with Gasteiger partial charge >= 0.3 is 197 Å². The van der Waals surface area contributed by atoms with E-state index in [-0.39, 0.29) is 0 Å². The Hall–Kier alpha value is -0.601. The molecule has 0 fully saturated rings. The van der Waals surface area contributed by atoms with Crippen LogP contribution in [0, 0.1) is 0 Å². The maximum absolute atomic E-state index is 2.60. The summed E-state index contributed by atoms with van der Waals surface area (Å²) < 4.78 is 3.16. The van der Waals surface area contributed by atoms with E-state index in [1.165, 1.54) is 11.1 Å². The molecule has 0 radical (unpaired) electrons. The van der Waals surface area contributed by atoms with Gasteiger partial charge in [0.25, 0.3) is 0 Å². The summed E-state index contributed by atoms with van der Waals surface area (Å²) in [5.41, 5.74) is 3.04. The molecule has 2 rings (SSSR count). The monoisotopic (exact) mass is 540 g/mol. The first-order valence-electron chi connectivity index (χ1n) is 11.2. The van der Waals surface area contributed by atoms with Gasteiger partial charge in [0, 0.05) is 0 Å². The molecule has 0 aliphatic carbocycles. The third-order valence-corrected chi connectivity index (χ3v) is 12.9. The number of nitrogens with zero attached hydrogens (tertiary/aromatic N) is 2. The predicted molar refractivity (Wildman–Crippen MR) is 135 cm³/mol. The molecule has 0 aromatic heterocycles. The second kappa shape index (κ2) is 12.4. The Morgan fingerprint density at radius 2 is 0.833 bits per heavy atom. The minimum atomic E-state index is 0.500. The zero-order valence-corrected chi connectivity index (χ0v) is 23.5. The Bertz CT molecular complexity index is 690. The van der Waals surface area contributed by atoms with Crippen molar-refractivity contribution in [2.75, 3.05) is 0 Å². The predicted octanol–water partition coefficient (Wildman–Crippen LogP) is 4.20. The molecule has 0 heterocycles. The number of rotatable bonds is 11. The van der Waals surface area contributed by atoms with Crippen LogP contribution in [0.25, 0.3) is 0 Å². The van der Waals surface area contributed by atoms with E-state index in [0.717, 1.165) is 13.1 Å². The summed E-state index contributed by atoms with van der Waals surface area (Å²) in [4.78, 5) is 5.19. The van der Waals surface area contributed by atoms with E-state index in [4.69, 9.17) is 0 Å². The van der Waals surface area contributed by atoms with Gasteiger partial charge in [0.2, 0.25) is 0 Å². The van der Waals surface area contributed by atoms with Crippen LogP contribution in [-0.2, 0) is 13.1 Å². The number of hydrogen-bond acceptors (Lipinski definition) is 2. The molecule has 2 nitrogen and oxygen atoms in total. The zero-order chi connectivity index (χ0) is 22.3. The van der Waals surface area contributed by atoms with Crippen molar-refractivity contribution in [1.29, 1.82) is 0 Å². The Kier molecular flexibility index (Phi) is 10.6. The van der Waals surface area contributed by atoms with Crippen LogP contribution >= 0.6 is 0 Å². The Morgan fingerprint density at radius 3 is 1.13 bits per heavy atom. The zero-order valence-electron chi connectivity index (χ0n) is 20.1. The summed E-state index contributed by atoms with van der Waals surface area (Å²) in [6.07, 6.45) is 0. The van der Waals surface area contributed by atoms with Crippen LogP contribution in [0.3, 0.4) is 0 Å². The van der Waals surface area contributed by atoms with Crippen LogP contribution in [0.2, 0.25) is 0 Å². The Morgan fingerprint density at radius 1 is 0.533 bits per heavy atom. The van der Waals surface area contributed by atoms with Gasteiger partial charge in [-0.25, -0.2) is 0 Å². The molecule has 0 aliphatic heterocycles. The maximum atomic E-state index is 2.60. The van der Waals surface area contributed by atoms with Gasteiger partial charge in [-0.3, -0.25) is 0 Å². The minimum absolute atomic E-state index is 0.500.